The Morgan fingerprint density at radius 2 is 1.64 bits per heavy atom. The van der Waals surface area contributed by atoms with Gasteiger partial charge in [-0.3, -0.25) is 4.79 Å². The van der Waals surface area contributed by atoms with Crippen molar-refractivity contribution in [2.45, 2.75) is 25.3 Å². The van der Waals surface area contributed by atoms with Gasteiger partial charge in [-0.15, -0.1) is 0 Å². The fourth-order valence-electron chi connectivity index (χ4n) is 4.20. The molecule has 4 rings (SSSR count). The van der Waals surface area contributed by atoms with Crippen LogP contribution >= 0.6 is 11.6 Å². The molecule has 0 saturated carbocycles. The van der Waals surface area contributed by atoms with Gasteiger partial charge in [0.2, 0.25) is 0 Å². The van der Waals surface area contributed by atoms with Crippen molar-refractivity contribution in [3.8, 4) is 11.1 Å². The van der Waals surface area contributed by atoms with Gasteiger partial charge in [-0.05, 0) is 46.4 Å². The van der Waals surface area contributed by atoms with E-state index < -0.39 is 17.9 Å². The van der Waals surface area contributed by atoms with Gasteiger partial charge in [0.25, 0.3) is 0 Å². The Hall–Kier alpha value is -3.38. The molecular formula is C26H23ClFNO4. The standard InChI is InChI=1S/C26H23ClFNO4/c27-24-14-18(28)12-11-17(24)15-29(13-5-10-25(30)31)26(32)33-16-23-21-8-3-1-6-19(21)20-7-2-4-9-22(20)23/h1-4,6-9,11-12,14,23H,5,10,13,15-16H2,(H,30,31). The van der Waals surface area contributed by atoms with Crippen LogP contribution in [0.3, 0.4) is 0 Å². The number of rotatable bonds is 8. The highest BCUT2D eigenvalue weighted by molar-refractivity contribution is 6.31. The van der Waals surface area contributed by atoms with Gasteiger partial charge in [0.1, 0.15) is 12.4 Å². The summed E-state index contributed by atoms with van der Waals surface area (Å²) in [5.74, 6) is -1.50. The molecule has 1 aliphatic carbocycles. The summed E-state index contributed by atoms with van der Waals surface area (Å²) in [5, 5.41) is 9.16. The molecule has 0 saturated heterocycles. The molecule has 0 radical (unpaired) electrons. The Morgan fingerprint density at radius 3 is 2.24 bits per heavy atom. The van der Waals surface area contributed by atoms with E-state index in [0.29, 0.717) is 5.56 Å². The molecular weight excluding hydrogens is 445 g/mol. The van der Waals surface area contributed by atoms with Gasteiger partial charge in [0.05, 0.1) is 6.54 Å². The van der Waals surface area contributed by atoms with Crippen LogP contribution in [-0.4, -0.2) is 35.2 Å². The van der Waals surface area contributed by atoms with Crippen molar-refractivity contribution in [2.24, 2.45) is 0 Å². The second-order valence-electron chi connectivity index (χ2n) is 7.96. The van der Waals surface area contributed by atoms with E-state index in [0.717, 1.165) is 22.3 Å². The smallest absolute Gasteiger partial charge is 0.410 e. The first kappa shape index (κ1) is 22.8. The Bertz CT molecular complexity index is 1140. The van der Waals surface area contributed by atoms with Crippen LogP contribution in [0, 0.1) is 5.82 Å². The summed E-state index contributed by atoms with van der Waals surface area (Å²) < 4.78 is 19.1. The van der Waals surface area contributed by atoms with Crippen molar-refractivity contribution in [3.63, 3.8) is 0 Å². The van der Waals surface area contributed by atoms with Crippen LogP contribution in [-0.2, 0) is 16.1 Å². The molecule has 3 aromatic carbocycles. The molecule has 0 atom stereocenters. The monoisotopic (exact) mass is 467 g/mol. The van der Waals surface area contributed by atoms with Crippen molar-refractivity contribution in [3.05, 3.63) is 94.3 Å². The second-order valence-corrected chi connectivity index (χ2v) is 8.37. The predicted molar refractivity (Wildman–Crippen MR) is 124 cm³/mol. The molecule has 0 unspecified atom stereocenters. The maximum Gasteiger partial charge on any atom is 0.410 e. The third kappa shape index (κ3) is 5.17. The maximum atomic E-state index is 13.4. The first-order valence-electron chi connectivity index (χ1n) is 10.7. The van der Waals surface area contributed by atoms with E-state index >= 15 is 0 Å². The molecule has 0 aliphatic heterocycles. The molecule has 7 heteroatoms. The zero-order valence-corrected chi connectivity index (χ0v) is 18.6. The Balaban J connectivity index is 1.50. The average molecular weight is 468 g/mol. The van der Waals surface area contributed by atoms with E-state index in [1.165, 1.54) is 23.1 Å². The average Bonchev–Trinajstić information content (AvgIpc) is 3.12. The number of amides is 1. The summed E-state index contributed by atoms with van der Waals surface area (Å²) in [6.07, 6.45) is -0.384. The number of carboxylic acids is 1. The Labute approximate surface area is 196 Å². The molecule has 0 aromatic heterocycles. The minimum atomic E-state index is -0.942. The van der Waals surface area contributed by atoms with Gasteiger partial charge in [-0.2, -0.15) is 0 Å². The fraction of sp³-hybridized carbons (Fsp3) is 0.231. The maximum absolute atomic E-state index is 13.4. The molecule has 0 fully saturated rings. The van der Waals surface area contributed by atoms with Crippen molar-refractivity contribution < 1.29 is 23.8 Å². The van der Waals surface area contributed by atoms with Crippen LogP contribution in [0.4, 0.5) is 9.18 Å². The fourth-order valence-corrected chi connectivity index (χ4v) is 4.42. The first-order chi connectivity index (χ1) is 15.9. The van der Waals surface area contributed by atoms with E-state index in [-0.39, 0.29) is 43.5 Å². The van der Waals surface area contributed by atoms with Gasteiger partial charge in [0.15, 0.2) is 0 Å². The summed E-state index contributed by atoms with van der Waals surface area (Å²) in [6.45, 7) is 0.422. The zero-order valence-electron chi connectivity index (χ0n) is 17.8. The van der Waals surface area contributed by atoms with E-state index in [1.54, 1.807) is 0 Å². The van der Waals surface area contributed by atoms with Gasteiger partial charge in [-0.25, -0.2) is 9.18 Å². The molecule has 0 spiro atoms. The molecule has 33 heavy (non-hydrogen) atoms. The molecule has 1 amide bonds. The van der Waals surface area contributed by atoms with E-state index in [2.05, 4.69) is 12.1 Å². The number of aliphatic carboxylic acids is 1. The minimum Gasteiger partial charge on any atom is -0.481 e. The number of carboxylic acid groups (broad SMARTS) is 1. The summed E-state index contributed by atoms with van der Waals surface area (Å²) in [4.78, 5) is 25.4. The highest BCUT2D eigenvalue weighted by Crippen LogP contribution is 2.44. The van der Waals surface area contributed by atoms with E-state index in [1.807, 2.05) is 36.4 Å². The number of fused-ring (bicyclic) bond motifs is 3. The van der Waals surface area contributed by atoms with Crippen LogP contribution in [0.2, 0.25) is 5.02 Å². The molecule has 0 heterocycles. The summed E-state index contributed by atoms with van der Waals surface area (Å²) in [5.41, 5.74) is 5.02. The van der Waals surface area contributed by atoms with Crippen LogP contribution in [0.25, 0.3) is 11.1 Å². The Kier molecular flexibility index (Phi) is 6.94. The van der Waals surface area contributed by atoms with Crippen molar-refractivity contribution >= 4 is 23.7 Å². The van der Waals surface area contributed by atoms with Crippen LogP contribution < -0.4 is 0 Å². The summed E-state index contributed by atoms with van der Waals surface area (Å²) in [6, 6.07) is 20.1. The number of carbonyl (C=O) groups is 2. The number of hydrogen-bond acceptors (Lipinski definition) is 3. The molecule has 1 N–H and O–H groups in total. The number of ether oxygens (including phenoxy) is 1. The Morgan fingerprint density at radius 1 is 1.00 bits per heavy atom. The lowest BCUT2D eigenvalue weighted by Gasteiger charge is -2.24. The van der Waals surface area contributed by atoms with Crippen molar-refractivity contribution in [1.29, 1.82) is 0 Å². The van der Waals surface area contributed by atoms with Gasteiger partial charge < -0.3 is 14.7 Å². The minimum absolute atomic E-state index is 0.0791. The highest BCUT2D eigenvalue weighted by atomic mass is 35.5. The summed E-state index contributed by atoms with van der Waals surface area (Å²) >= 11 is 6.14. The SMILES string of the molecule is O=C(O)CCCN(Cc1ccc(F)cc1Cl)C(=O)OCC1c2ccccc2-c2ccccc21. The number of benzene rings is 3. The predicted octanol–water partition coefficient (Wildman–Crippen LogP) is 6.10. The number of hydrogen-bond donors (Lipinski definition) is 1. The second kappa shape index (κ2) is 10.0. The number of carbonyl (C=O) groups excluding carboxylic acids is 1. The zero-order chi connectivity index (χ0) is 23.4. The lowest BCUT2D eigenvalue weighted by atomic mass is 9.98. The molecule has 170 valence electrons. The molecule has 3 aromatic rings. The molecule has 0 bridgehead atoms. The van der Waals surface area contributed by atoms with Crippen LogP contribution in [0.5, 0.6) is 0 Å². The third-order valence-electron chi connectivity index (χ3n) is 5.79. The van der Waals surface area contributed by atoms with Gasteiger partial charge in [-0.1, -0.05) is 66.2 Å². The highest BCUT2D eigenvalue weighted by Gasteiger charge is 2.29. The van der Waals surface area contributed by atoms with Gasteiger partial charge >= 0.3 is 12.1 Å². The number of halogens is 2. The van der Waals surface area contributed by atoms with E-state index in [9.17, 15) is 14.0 Å². The number of nitrogens with zero attached hydrogens (tertiary/aromatic N) is 1. The first-order valence-corrected chi connectivity index (χ1v) is 11.1. The third-order valence-corrected chi connectivity index (χ3v) is 6.14. The normalized spacial score (nSPS) is 12.2. The quantitative estimate of drug-likeness (QED) is 0.435. The lowest BCUT2D eigenvalue weighted by molar-refractivity contribution is -0.137. The summed E-state index contributed by atoms with van der Waals surface area (Å²) in [7, 11) is 0. The lowest BCUT2D eigenvalue weighted by Crippen LogP contribution is -2.33. The van der Waals surface area contributed by atoms with E-state index in [4.69, 9.17) is 21.4 Å². The molecule has 5 nitrogen and oxygen atoms in total. The topological polar surface area (TPSA) is 66.8 Å². The van der Waals surface area contributed by atoms with Crippen molar-refractivity contribution in [2.75, 3.05) is 13.2 Å². The van der Waals surface area contributed by atoms with Gasteiger partial charge in [0, 0.05) is 23.9 Å². The largest absolute Gasteiger partial charge is 0.481 e. The van der Waals surface area contributed by atoms with Crippen LogP contribution in [0.1, 0.15) is 35.4 Å². The van der Waals surface area contributed by atoms with Crippen molar-refractivity contribution in [1.82, 2.24) is 4.90 Å². The van der Waals surface area contributed by atoms with Crippen LogP contribution in [0.15, 0.2) is 66.7 Å². The molecule has 1 aliphatic rings.